The first-order valence-corrected chi connectivity index (χ1v) is 6.65. The zero-order valence-corrected chi connectivity index (χ0v) is 11.9. The highest BCUT2D eigenvalue weighted by molar-refractivity contribution is 5.68. The van der Waals surface area contributed by atoms with Gasteiger partial charge in [-0.25, -0.2) is 4.79 Å². The molecule has 0 aromatic rings. The van der Waals surface area contributed by atoms with Crippen LogP contribution in [0.15, 0.2) is 11.6 Å². The lowest BCUT2D eigenvalue weighted by Crippen LogP contribution is -2.39. The average molecular weight is 269 g/mol. The molecule has 0 spiro atoms. The number of aliphatic carboxylic acids is 1. The van der Waals surface area contributed by atoms with E-state index in [4.69, 9.17) is 9.84 Å². The van der Waals surface area contributed by atoms with Crippen LogP contribution in [0.25, 0.3) is 0 Å². The predicted octanol–water partition coefficient (Wildman–Crippen LogP) is 2.81. The zero-order valence-electron chi connectivity index (χ0n) is 11.9. The van der Waals surface area contributed by atoms with Crippen LogP contribution in [0, 0.1) is 0 Å². The molecule has 19 heavy (non-hydrogen) atoms. The van der Waals surface area contributed by atoms with E-state index in [0.29, 0.717) is 19.5 Å². The smallest absolute Gasteiger partial charge is 0.410 e. The molecular formula is C14H23NO4. The second kappa shape index (κ2) is 6.59. The first kappa shape index (κ1) is 15.5. The maximum absolute atomic E-state index is 11.8. The fourth-order valence-corrected chi connectivity index (χ4v) is 1.90. The molecule has 0 radical (unpaired) electrons. The van der Waals surface area contributed by atoms with Crippen molar-refractivity contribution in [1.82, 2.24) is 4.90 Å². The molecule has 0 saturated heterocycles. The van der Waals surface area contributed by atoms with Crippen LogP contribution in [0.1, 0.15) is 46.5 Å². The summed E-state index contributed by atoms with van der Waals surface area (Å²) in [5, 5.41) is 8.58. The number of hydrogen-bond acceptors (Lipinski definition) is 3. The molecular weight excluding hydrogens is 246 g/mol. The summed E-state index contributed by atoms with van der Waals surface area (Å²) in [6.45, 7) is 6.75. The molecule has 5 nitrogen and oxygen atoms in total. The molecule has 0 aromatic carbocycles. The number of carboxylic acids is 1. The summed E-state index contributed by atoms with van der Waals surface area (Å²) in [5.74, 6) is -0.758. The van der Waals surface area contributed by atoms with Gasteiger partial charge in [0.2, 0.25) is 0 Å². The quantitative estimate of drug-likeness (QED) is 0.797. The number of carbonyl (C=O) groups excluding carboxylic acids is 1. The maximum atomic E-state index is 11.8. The van der Waals surface area contributed by atoms with Crippen LogP contribution >= 0.6 is 0 Å². The SMILES string of the molecule is CC(C)(C)OC(=O)N1CC=C(CCCC(=O)O)CC1. The molecule has 0 saturated carbocycles. The molecule has 0 fully saturated rings. The van der Waals surface area contributed by atoms with Crippen molar-refractivity contribution in [3.63, 3.8) is 0 Å². The average Bonchev–Trinajstić information content (AvgIpc) is 2.27. The van der Waals surface area contributed by atoms with Gasteiger partial charge in [0.05, 0.1) is 0 Å². The minimum absolute atomic E-state index is 0.202. The molecule has 108 valence electrons. The predicted molar refractivity (Wildman–Crippen MR) is 72.0 cm³/mol. The molecule has 1 amide bonds. The summed E-state index contributed by atoms with van der Waals surface area (Å²) in [6, 6.07) is 0. The van der Waals surface area contributed by atoms with Gasteiger partial charge in [-0.05, 0) is 40.0 Å². The van der Waals surface area contributed by atoms with Crippen LogP contribution in [0.5, 0.6) is 0 Å². The molecule has 1 aliphatic heterocycles. The summed E-state index contributed by atoms with van der Waals surface area (Å²) >= 11 is 0. The van der Waals surface area contributed by atoms with Gasteiger partial charge in [-0.15, -0.1) is 0 Å². The van der Waals surface area contributed by atoms with E-state index in [2.05, 4.69) is 0 Å². The fraction of sp³-hybridized carbons (Fsp3) is 0.714. The van der Waals surface area contributed by atoms with E-state index in [-0.39, 0.29) is 12.5 Å². The van der Waals surface area contributed by atoms with Crippen LogP contribution in [-0.2, 0) is 9.53 Å². The lowest BCUT2D eigenvalue weighted by Gasteiger charge is -2.29. The van der Waals surface area contributed by atoms with Gasteiger partial charge < -0.3 is 14.7 Å². The van der Waals surface area contributed by atoms with Crippen molar-refractivity contribution in [2.24, 2.45) is 0 Å². The summed E-state index contributed by atoms with van der Waals surface area (Å²) in [6.07, 6.45) is 4.19. The van der Waals surface area contributed by atoms with Gasteiger partial charge in [-0.1, -0.05) is 11.6 Å². The molecule has 1 rings (SSSR count). The van der Waals surface area contributed by atoms with Crippen molar-refractivity contribution in [1.29, 1.82) is 0 Å². The van der Waals surface area contributed by atoms with Gasteiger partial charge in [0.1, 0.15) is 5.60 Å². The first-order chi connectivity index (χ1) is 8.78. The van der Waals surface area contributed by atoms with E-state index >= 15 is 0 Å². The Morgan fingerprint density at radius 2 is 2.11 bits per heavy atom. The molecule has 1 N–H and O–H groups in total. The monoisotopic (exact) mass is 269 g/mol. The first-order valence-electron chi connectivity index (χ1n) is 6.65. The van der Waals surface area contributed by atoms with Crippen molar-refractivity contribution in [3.8, 4) is 0 Å². The highest BCUT2D eigenvalue weighted by atomic mass is 16.6. The Bertz CT molecular complexity index is 368. The van der Waals surface area contributed by atoms with Gasteiger partial charge in [0.25, 0.3) is 0 Å². The standard InChI is InChI=1S/C14H23NO4/c1-14(2,3)19-13(18)15-9-7-11(8-10-15)5-4-6-12(16)17/h7H,4-6,8-10H2,1-3H3,(H,16,17). The van der Waals surface area contributed by atoms with Crippen LogP contribution in [0.4, 0.5) is 4.79 Å². The lowest BCUT2D eigenvalue weighted by molar-refractivity contribution is -0.137. The second-order valence-corrected chi connectivity index (χ2v) is 5.79. The van der Waals surface area contributed by atoms with Crippen molar-refractivity contribution in [3.05, 3.63) is 11.6 Å². The number of ether oxygens (including phenoxy) is 1. The van der Waals surface area contributed by atoms with Gasteiger partial charge in [0, 0.05) is 19.5 Å². The Hall–Kier alpha value is -1.52. The number of carbonyl (C=O) groups is 2. The largest absolute Gasteiger partial charge is 0.481 e. The number of amides is 1. The van der Waals surface area contributed by atoms with E-state index in [1.54, 1.807) is 4.90 Å². The van der Waals surface area contributed by atoms with Crippen molar-refractivity contribution in [2.75, 3.05) is 13.1 Å². The molecule has 1 heterocycles. The third-order valence-electron chi connectivity index (χ3n) is 2.84. The van der Waals surface area contributed by atoms with Gasteiger partial charge >= 0.3 is 12.1 Å². The normalized spacial score (nSPS) is 15.9. The Morgan fingerprint density at radius 3 is 2.58 bits per heavy atom. The summed E-state index contributed by atoms with van der Waals surface area (Å²) in [5.41, 5.74) is 0.767. The number of hydrogen-bond donors (Lipinski definition) is 1. The summed E-state index contributed by atoms with van der Waals surface area (Å²) < 4.78 is 5.31. The van der Waals surface area contributed by atoms with Crippen molar-refractivity contribution < 1.29 is 19.4 Å². The maximum Gasteiger partial charge on any atom is 0.410 e. The Kier molecular flexibility index (Phi) is 5.39. The highest BCUT2D eigenvalue weighted by Gasteiger charge is 2.23. The minimum Gasteiger partial charge on any atom is -0.481 e. The van der Waals surface area contributed by atoms with Crippen LogP contribution in [0.2, 0.25) is 0 Å². The number of rotatable bonds is 4. The van der Waals surface area contributed by atoms with E-state index in [9.17, 15) is 9.59 Å². The second-order valence-electron chi connectivity index (χ2n) is 5.79. The van der Waals surface area contributed by atoms with E-state index in [1.807, 2.05) is 26.8 Å². The summed E-state index contributed by atoms with van der Waals surface area (Å²) in [4.78, 5) is 23.9. The minimum atomic E-state index is -0.758. The molecule has 5 heteroatoms. The third-order valence-corrected chi connectivity index (χ3v) is 2.84. The van der Waals surface area contributed by atoms with Gasteiger partial charge in [-0.3, -0.25) is 4.79 Å². The molecule has 1 aliphatic rings. The van der Waals surface area contributed by atoms with E-state index in [0.717, 1.165) is 12.8 Å². The molecule has 0 bridgehead atoms. The topological polar surface area (TPSA) is 66.8 Å². The molecule has 0 unspecified atom stereocenters. The van der Waals surface area contributed by atoms with Gasteiger partial charge in [-0.2, -0.15) is 0 Å². The molecule has 0 aliphatic carbocycles. The third kappa shape index (κ3) is 6.27. The Morgan fingerprint density at radius 1 is 1.42 bits per heavy atom. The van der Waals surface area contributed by atoms with Crippen LogP contribution in [-0.4, -0.2) is 40.8 Å². The number of carboxylic acid groups (broad SMARTS) is 1. The van der Waals surface area contributed by atoms with E-state index in [1.165, 1.54) is 5.57 Å². The highest BCUT2D eigenvalue weighted by Crippen LogP contribution is 2.19. The van der Waals surface area contributed by atoms with Crippen LogP contribution < -0.4 is 0 Å². The number of nitrogens with zero attached hydrogens (tertiary/aromatic N) is 1. The van der Waals surface area contributed by atoms with Crippen LogP contribution in [0.3, 0.4) is 0 Å². The Labute approximate surface area is 114 Å². The van der Waals surface area contributed by atoms with Gasteiger partial charge in [0.15, 0.2) is 0 Å². The molecule has 0 atom stereocenters. The van der Waals surface area contributed by atoms with E-state index < -0.39 is 11.6 Å². The summed E-state index contributed by atoms with van der Waals surface area (Å²) in [7, 11) is 0. The Balaban J connectivity index is 2.36. The lowest BCUT2D eigenvalue weighted by atomic mass is 10.0. The van der Waals surface area contributed by atoms with Crippen molar-refractivity contribution >= 4 is 12.1 Å². The molecule has 0 aromatic heterocycles. The zero-order chi connectivity index (χ0) is 14.5. The fourth-order valence-electron chi connectivity index (χ4n) is 1.90. The van der Waals surface area contributed by atoms with Crippen molar-refractivity contribution in [2.45, 2.75) is 52.1 Å².